The first kappa shape index (κ1) is 16.6. The molecular formula is C18H20FN5O2. The largest absolute Gasteiger partial charge is 0.352 e. The third-order valence-corrected chi connectivity index (χ3v) is 4.94. The number of nitrogens with one attached hydrogen (secondary N) is 2. The summed E-state index contributed by atoms with van der Waals surface area (Å²) in [6, 6.07) is 8.01. The number of halogens is 1. The molecule has 2 fully saturated rings. The third kappa shape index (κ3) is 3.14. The van der Waals surface area contributed by atoms with Gasteiger partial charge in [0, 0.05) is 44.2 Å². The zero-order chi connectivity index (χ0) is 18.1. The summed E-state index contributed by atoms with van der Waals surface area (Å²) in [5.74, 6) is 0.380. The lowest BCUT2D eigenvalue weighted by atomic mass is 10.1. The second-order valence-corrected chi connectivity index (χ2v) is 6.59. The predicted molar refractivity (Wildman–Crippen MR) is 93.9 cm³/mol. The molecule has 0 saturated carbocycles. The molecule has 2 aliphatic rings. The van der Waals surface area contributed by atoms with E-state index in [1.54, 1.807) is 23.1 Å². The highest BCUT2D eigenvalue weighted by Crippen LogP contribution is 2.25. The van der Waals surface area contributed by atoms with Gasteiger partial charge in [0.05, 0.1) is 5.69 Å². The van der Waals surface area contributed by atoms with Crippen molar-refractivity contribution >= 4 is 17.6 Å². The van der Waals surface area contributed by atoms with Crippen molar-refractivity contribution in [1.29, 1.82) is 0 Å². The molecule has 2 aromatic rings. The molecule has 26 heavy (non-hydrogen) atoms. The van der Waals surface area contributed by atoms with Crippen molar-refractivity contribution in [2.45, 2.75) is 18.9 Å². The lowest BCUT2D eigenvalue weighted by molar-refractivity contribution is -0.134. The molecule has 8 heteroatoms. The molecule has 1 aromatic carbocycles. The van der Waals surface area contributed by atoms with E-state index >= 15 is 0 Å². The summed E-state index contributed by atoms with van der Waals surface area (Å²) in [4.78, 5) is 27.6. The number of H-pyrrole nitrogens is 1. The summed E-state index contributed by atoms with van der Waals surface area (Å²) in [5.41, 5.74) is 1.11. The smallest absolute Gasteiger partial charge is 0.245 e. The Morgan fingerprint density at radius 1 is 1.19 bits per heavy atom. The standard InChI is InChI=1S/C18H20FN5O2/c19-13-4-2-1-3-12(13)15-11-16(22-21-15)23-7-9-24(10-8-23)18(26)14-5-6-17(25)20-14/h1-4,11,14H,5-10H2,(H,20,25)(H,21,22)/t14-/m1/s1. The fourth-order valence-electron chi connectivity index (χ4n) is 3.47. The fourth-order valence-corrected chi connectivity index (χ4v) is 3.47. The number of anilines is 1. The highest BCUT2D eigenvalue weighted by Gasteiger charge is 2.32. The van der Waals surface area contributed by atoms with Crippen LogP contribution in [0.25, 0.3) is 11.3 Å². The maximum Gasteiger partial charge on any atom is 0.245 e. The molecule has 3 heterocycles. The number of hydrogen-bond acceptors (Lipinski definition) is 4. The molecule has 2 N–H and O–H groups in total. The number of benzene rings is 1. The first-order valence-corrected chi connectivity index (χ1v) is 8.75. The van der Waals surface area contributed by atoms with E-state index < -0.39 is 0 Å². The summed E-state index contributed by atoms with van der Waals surface area (Å²) in [7, 11) is 0. The van der Waals surface area contributed by atoms with E-state index in [4.69, 9.17) is 0 Å². The van der Waals surface area contributed by atoms with Crippen molar-refractivity contribution in [2.75, 3.05) is 31.1 Å². The van der Waals surface area contributed by atoms with Crippen LogP contribution in [0.4, 0.5) is 10.2 Å². The van der Waals surface area contributed by atoms with Gasteiger partial charge < -0.3 is 15.1 Å². The molecule has 1 atom stereocenters. The van der Waals surface area contributed by atoms with Gasteiger partial charge in [0.1, 0.15) is 11.9 Å². The quantitative estimate of drug-likeness (QED) is 0.863. The van der Waals surface area contributed by atoms with Crippen LogP contribution in [0.1, 0.15) is 12.8 Å². The Morgan fingerprint density at radius 3 is 2.65 bits per heavy atom. The van der Waals surface area contributed by atoms with E-state index in [-0.39, 0.29) is 23.7 Å². The molecular weight excluding hydrogens is 337 g/mol. The predicted octanol–water partition coefficient (Wildman–Crippen LogP) is 1.14. The van der Waals surface area contributed by atoms with E-state index in [0.29, 0.717) is 50.3 Å². The number of piperazine rings is 1. The Balaban J connectivity index is 1.39. The van der Waals surface area contributed by atoms with Crippen molar-refractivity contribution in [3.05, 3.63) is 36.1 Å². The van der Waals surface area contributed by atoms with Crippen molar-refractivity contribution in [3.8, 4) is 11.3 Å². The highest BCUT2D eigenvalue weighted by molar-refractivity contribution is 5.91. The summed E-state index contributed by atoms with van der Waals surface area (Å²) in [6.45, 7) is 2.45. The molecule has 7 nitrogen and oxygen atoms in total. The second kappa shape index (κ2) is 6.78. The van der Waals surface area contributed by atoms with Crippen molar-refractivity contribution in [1.82, 2.24) is 20.4 Å². The number of hydrogen-bond donors (Lipinski definition) is 2. The summed E-state index contributed by atoms with van der Waals surface area (Å²) < 4.78 is 13.9. The van der Waals surface area contributed by atoms with Crippen LogP contribution in [0.2, 0.25) is 0 Å². The van der Waals surface area contributed by atoms with E-state index in [2.05, 4.69) is 20.4 Å². The van der Waals surface area contributed by atoms with Crippen LogP contribution in [-0.4, -0.2) is 59.1 Å². The molecule has 2 aliphatic heterocycles. The van der Waals surface area contributed by atoms with Crippen molar-refractivity contribution in [3.63, 3.8) is 0 Å². The fraction of sp³-hybridized carbons (Fsp3) is 0.389. The van der Waals surface area contributed by atoms with Gasteiger partial charge in [-0.1, -0.05) is 12.1 Å². The van der Waals surface area contributed by atoms with Crippen LogP contribution in [0.3, 0.4) is 0 Å². The Kier molecular flexibility index (Phi) is 4.32. The van der Waals surface area contributed by atoms with Crippen LogP contribution in [0.5, 0.6) is 0 Å². The summed E-state index contributed by atoms with van der Waals surface area (Å²) in [5, 5.41) is 9.90. The topological polar surface area (TPSA) is 81.3 Å². The average Bonchev–Trinajstić information content (AvgIpc) is 3.31. The minimum Gasteiger partial charge on any atom is -0.352 e. The Morgan fingerprint density at radius 2 is 1.96 bits per heavy atom. The molecule has 0 unspecified atom stereocenters. The average molecular weight is 357 g/mol. The van der Waals surface area contributed by atoms with Gasteiger partial charge in [0.2, 0.25) is 11.8 Å². The molecule has 4 rings (SSSR count). The van der Waals surface area contributed by atoms with Crippen LogP contribution in [0, 0.1) is 5.82 Å². The Bertz CT molecular complexity index is 828. The minimum absolute atomic E-state index is 0.00965. The first-order valence-electron chi connectivity index (χ1n) is 8.75. The van der Waals surface area contributed by atoms with E-state index in [0.717, 1.165) is 5.82 Å². The monoisotopic (exact) mass is 357 g/mol. The van der Waals surface area contributed by atoms with Gasteiger partial charge in [-0.15, -0.1) is 0 Å². The molecule has 2 saturated heterocycles. The Hall–Kier alpha value is -2.90. The number of nitrogens with zero attached hydrogens (tertiary/aromatic N) is 3. The number of carbonyl (C=O) groups is 2. The van der Waals surface area contributed by atoms with Gasteiger partial charge >= 0.3 is 0 Å². The molecule has 1 aromatic heterocycles. The molecule has 0 bridgehead atoms. The lowest BCUT2D eigenvalue weighted by Crippen LogP contribution is -2.53. The third-order valence-electron chi connectivity index (χ3n) is 4.94. The normalized spacial score (nSPS) is 20.3. The van der Waals surface area contributed by atoms with Gasteiger partial charge in [0.25, 0.3) is 0 Å². The van der Waals surface area contributed by atoms with Gasteiger partial charge in [-0.2, -0.15) is 5.10 Å². The molecule has 0 aliphatic carbocycles. The van der Waals surface area contributed by atoms with Crippen molar-refractivity contribution < 1.29 is 14.0 Å². The minimum atomic E-state index is -0.382. The number of carbonyl (C=O) groups excluding carboxylic acids is 2. The van der Waals surface area contributed by atoms with Crippen LogP contribution < -0.4 is 10.2 Å². The number of aromatic nitrogens is 2. The van der Waals surface area contributed by atoms with Crippen LogP contribution in [-0.2, 0) is 9.59 Å². The van der Waals surface area contributed by atoms with Crippen LogP contribution >= 0.6 is 0 Å². The zero-order valence-corrected chi connectivity index (χ0v) is 14.2. The van der Waals surface area contributed by atoms with Gasteiger partial charge in [-0.25, -0.2) is 4.39 Å². The Labute approximate surface area is 150 Å². The maximum atomic E-state index is 13.9. The van der Waals surface area contributed by atoms with E-state index in [1.165, 1.54) is 6.07 Å². The van der Waals surface area contributed by atoms with Gasteiger partial charge in [0.15, 0.2) is 5.82 Å². The van der Waals surface area contributed by atoms with Crippen LogP contribution in [0.15, 0.2) is 30.3 Å². The molecule has 136 valence electrons. The summed E-state index contributed by atoms with van der Waals surface area (Å²) >= 11 is 0. The van der Waals surface area contributed by atoms with Crippen molar-refractivity contribution in [2.24, 2.45) is 0 Å². The molecule has 2 amide bonds. The number of amides is 2. The van der Waals surface area contributed by atoms with E-state index in [1.807, 2.05) is 6.07 Å². The zero-order valence-electron chi connectivity index (χ0n) is 14.2. The SMILES string of the molecule is O=C1CC[C@H](C(=O)N2CCN(c3cc(-c4ccccc4F)[nH]n3)CC2)N1. The second-order valence-electron chi connectivity index (χ2n) is 6.59. The van der Waals surface area contributed by atoms with E-state index in [9.17, 15) is 14.0 Å². The number of rotatable bonds is 3. The first-order chi connectivity index (χ1) is 12.6. The number of aromatic amines is 1. The van der Waals surface area contributed by atoms with Gasteiger partial charge in [-0.05, 0) is 18.6 Å². The lowest BCUT2D eigenvalue weighted by Gasteiger charge is -2.35. The highest BCUT2D eigenvalue weighted by atomic mass is 19.1. The maximum absolute atomic E-state index is 13.9. The van der Waals surface area contributed by atoms with Gasteiger partial charge in [-0.3, -0.25) is 14.7 Å². The summed E-state index contributed by atoms with van der Waals surface area (Å²) in [6.07, 6.45) is 0.992. The molecule has 0 radical (unpaired) electrons. The molecule has 0 spiro atoms.